The van der Waals surface area contributed by atoms with Crippen LogP contribution in [0.5, 0.6) is 0 Å². The second-order valence-electron chi connectivity index (χ2n) is 7.28. The highest BCUT2D eigenvalue weighted by Gasteiger charge is 2.90. The summed E-state index contributed by atoms with van der Waals surface area (Å²) >= 11 is 0. The van der Waals surface area contributed by atoms with Crippen LogP contribution in [0.15, 0.2) is 24.3 Å². The number of carboxylic acids is 2. The first-order valence-electron chi connectivity index (χ1n) is 9.11. The van der Waals surface area contributed by atoms with Crippen molar-refractivity contribution in [3.8, 4) is 0 Å². The van der Waals surface area contributed by atoms with E-state index in [4.69, 9.17) is 10.2 Å². The molecule has 210 valence electrons. The first-order chi connectivity index (χ1) is 16.3. The molecule has 0 heterocycles. The third-order valence-corrected chi connectivity index (χ3v) is 4.61. The van der Waals surface area contributed by atoms with Crippen LogP contribution in [0.3, 0.4) is 0 Å². The highest BCUT2D eigenvalue weighted by Crippen LogP contribution is 2.62. The highest BCUT2D eigenvalue weighted by molar-refractivity contribution is 5.86. The number of nitrogens with zero attached hydrogens (tertiary/aromatic N) is 1. The van der Waals surface area contributed by atoms with Gasteiger partial charge < -0.3 is 15.1 Å². The number of alkyl halides is 13. The minimum absolute atomic E-state index is 0.175. The maximum absolute atomic E-state index is 14.2. The third kappa shape index (κ3) is 5.68. The monoisotopic (exact) mass is 569 g/mol. The number of hydrogen-bond donors (Lipinski definition) is 2. The molecule has 0 saturated carbocycles. The average molecular weight is 569 g/mol. The second kappa shape index (κ2) is 9.88. The molecule has 1 rings (SSSR count). The summed E-state index contributed by atoms with van der Waals surface area (Å²) in [5.74, 6) is -42.5. The third-order valence-electron chi connectivity index (χ3n) is 4.61. The van der Waals surface area contributed by atoms with Crippen molar-refractivity contribution in [1.29, 1.82) is 0 Å². The van der Waals surface area contributed by atoms with E-state index in [-0.39, 0.29) is 17.0 Å². The van der Waals surface area contributed by atoms with Crippen LogP contribution in [0.2, 0.25) is 0 Å². The van der Waals surface area contributed by atoms with E-state index in [2.05, 4.69) is 0 Å². The van der Waals surface area contributed by atoms with Crippen molar-refractivity contribution in [2.24, 2.45) is 0 Å². The maximum Gasteiger partial charge on any atom is 0.460 e. The second-order valence-corrected chi connectivity index (χ2v) is 7.28. The Morgan fingerprint density at radius 1 is 0.622 bits per heavy atom. The number of carbonyl (C=O) groups is 3. The molecule has 0 spiro atoms. The Morgan fingerprint density at radius 3 is 1.35 bits per heavy atom. The molecule has 1 amide bonds. The van der Waals surface area contributed by atoms with Gasteiger partial charge in [0.15, 0.2) is 0 Å². The van der Waals surface area contributed by atoms with E-state index in [0.717, 1.165) is 0 Å². The lowest BCUT2D eigenvalue weighted by Gasteiger charge is -2.39. The van der Waals surface area contributed by atoms with Gasteiger partial charge >= 0.3 is 47.7 Å². The van der Waals surface area contributed by atoms with Gasteiger partial charge in [-0.15, -0.1) is 0 Å². The van der Waals surface area contributed by atoms with Crippen molar-refractivity contribution in [3.05, 3.63) is 35.4 Å². The van der Waals surface area contributed by atoms with Gasteiger partial charge in [0.1, 0.15) is 13.1 Å². The molecule has 0 aliphatic heterocycles. The van der Waals surface area contributed by atoms with E-state index in [1.165, 1.54) is 0 Å². The molecule has 0 atom stereocenters. The fourth-order valence-electron chi connectivity index (χ4n) is 2.63. The van der Waals surface area contributed by atoms with Crippen LogP contribution in [0.25, 0.3) is 0 Å². The van der Waals surface area contributed by atoms with Crippen LogP contribution in [0, 0.1) is 0 Å². The SMILES string of the molecule is O=C(O)CN(CC(=O)O)C(=O)Cc1ccc(C(F)(F)C(F)(F)C(F)(F)C(F)(F)C(F)(F)C(F)(F)F)cc1. The van der Waals surface area contributed by atoms with E-state index < -0.39 is 84.3 Å². The van der Waals surface area contributed by atoms with Gasteiger partial charge in [-0.25, -0.2) is 0 Å². The summed E-state index contributed by atoms with van der Waals surface area (Å²) < 4.78 is 172. The van der Waals surface area contributed by atoms with Crippen molar-refractivity contribution < 1.29 is 81.7 Å². The summed E-state index contributed by atoms with van der Waals surface area (Å²) in [7, 11) is 0. The van der Waals surface area contributed by atoms with Crippen LogP contribution in [0.1, 0.15) is 11.1 Å². The summed E-state index contributed by atoms with van der Waals surface area (Å²) in [6.45, 7) is -2.31. The van der Waals surface area contributed by atoms with Crippen molar-refractivity contribution in [1.82, 2.24) is 4.90 Å². The highest BCUT2D eigenvalue weighted by atomic mass is 19.4. The molecule has 0 unspecified atom stereocenters. The summed E-state index contributed by atoms with van der Waals surface area (Å²) in [6, 6.07) is 0.284. The van der Waals surface area contributed by atoms with Gasteiger partial charge in [0, 0.05) is 5.56 Å². The van der Waals surface area contributed by atoms with Crippen LogP contribution >= 0.6 is 0 Å². The van der Waals surface area contributed by atoms with Gasteiger partial charge in [0.05, 0.1) is 6.42 Å². The van der Waals surface area contributed by atoms with Gasteiger partial charge in [0.25, 0.3) is 0 Å². The molecule has 6 nitrogen and oxygen atoms in total. The van der Waals surface area contributed by atoms with Crippen LogP contribution in [-0.4, -0.2) is 75.9 Å². The van der Waals surface area contributed by atoms with Gasteiger partial charge in [0.2, 0.25) is 5.91 Å². The topological polar surface area (TPSA) is 94.9 Å². The summed E-state index contributed by atoms with van der Waals surface area (Å²) in [6.07, 6.45) is -8.51. The fourth-order valence-corrected chi connectivity index (χ4v) is 2.63. The van der Waals surface area contributed by atoms with Crippen molar-refractivity contribution in [2.45, 2.75) is 42.2 Å². The molecule has 2 N–H and O–H groups in total. The predicted molar refractivity (Wildman–Crippen MR) is 91.7 cm³/mol. The first kappa shape index (κ1) is 31.7. The number of benzene rings is 1. The van der Waals surface area contributed by atoms with Crippen molar-refractivity contribution in [2.75, 3.05) is 13.1 Å². The molecular weight excluding hydrogens is 557 g/mol. The first-order valence-corrected chi connectivity index (χ1v) is 9.11. The van der Waals surface area contributed by atoms with E-state index in [9.17, 15) is 71.5 Å². The number of hydrogen-bond acceptors (Lipinski definition) is 3. The number of rotatable bonds is 11. The zero-order chi connectivity index (χ0) is 29.4. The van der Waals surface area contributed by atoms with Gasteiger partial charge in [-0.1, -0.05) is 24.3 Å². The smallest absolute Gasteiger partial charge is 0.460 e. The van der Waals surface area contributed by atoms with Gasteiger partial charge in [-0.2, -0.15) is 57.1 Å². The molecule has 1 aromatic rings. The molecular formula is C18H12F13NO5. The van der Waals surface area contributed by atoms with E-state index in [0.29, 0.717) is 12.1 Å². The molecule has 19 heteroatoms. The average Bonchev–Trinajstić information content (AvgIpc) is 2.71. The number of aliphatic carboxylic acids is 2. The quantitative estimate of drug-likeness (QED) is 0.385. The van der Waals surface area contributed by atoms with E-state index in [1.54, 1.807) is 0 Å². The van der Waals surface area contributed by atoms with Crippen LogP contribution in [-0.2, 0) is 26.7 Å². The lowest BCUT2D eigenvalue weighted by Crippen LogP contribution is -2.69. The largest absolute Gasteiger partial charge is 0.480 e. The minimum Gasteiger partial charge on any atom is -0.480 e. The molecule has 37 heavy (non-hydrogen) atoms. The Kier molecular flexibility index (Phi) is 8.48. The number of carbonyl (C=O) groups excluding carboxylic acids is 1. The lowest BCUT2D eigenvalue weighted by molar-refractivity contribution is -0.441. The zero-order valence-corrected chi connectivity index (χ0v) is 17.4. The number of halogens is 13. The maximum atomic E-state index is 14.2. The predicted octanol–water partition coefficient (Wildman–Crippen LogP) is 4.42. The summed E-state index contributed by atoms with van der Waals surface area (Å²) in [5, 5.41) is 17.3. The van der Waals surface area contributed by atoms with Crippen LogP contribution < -0.4 is 0 Å². The Morgan fingerprint density at radius 2 is 1.00 bits per heavy atom. The normalized spacial score (nSPS) is 13.9. The lowest BCUT2D eigenvalue weighted by atomic mass is 9.90. The van der Waals surface area contributed by atoms with E-state index >= 15 is 0 Å². The molecule has 0 saturated heterocycles. The number of carboxylic acid groups (broad SMARTS) is 2. The van der Waals surface area contributed by atoms with E-state index in [1.807, 2.05) is 0 Å². The molecule has 1 aromatic carbocycles. The Labute approximate surface area is 196 Å². The van der Waals surface area contributed by atoms with Gasteiger partial charge in [-0.05, 0) is 5.56 Å². The summed E-state index contributed by atoms with van der Waals surface area (Å²) in [5.41, 5.74) is -2.73. The van der Waals surface area contributed by atoms with Gasteiger partial charge in [-0.3, -0.25) is 14.4 Å². The Bertz CT molecular complexity index is 1010. The minimum atomic E-state index is -8.05. The zero-order valence-electron chi connectivity index (χ0n) is 17.4. The van der Waals surface area contributed by atoms with Crippen LogP contribution in [0.4, 0.5) is 57.1 Å². The molecule has 0 bridgehead atoms. The van der Waals surface area contributed by atoms with Crippen molar-refractivity contribution >= 4 is 17.8 Å². The Hall–Kier alpha value is -3.28. The van der Waals surface area contributed by atoms with Crippen molar-refractivity contribution in [3.63, 3.8) is 0 Å². The standard InChI is InChI=1S/C18H12F13NO5/c19-13(20,14(21,22)15(23,24)16(25,26)17(27,28)18(29,30)31)9-3-1-8(2-4-9)5-10(33)32(6-11(34)35)7-12(36)37/h1-4H,5-7H2,(H,34,35)(H,36,37). The summed E-state index contributed by atoms with van der Waals surface area (Å²) in [4.78, 5) is 33.7. The fraction of sp³-hybridized carbons (Fsp3) is 0.500. The molecule has 0 fully saturated rings. The molecule has 0 aliphatic rings. The Balaban J connectivity index is 3.33. The molecule has 0 aromatic heterocycles. The number of amides is 1. The molecule has 0 radical (unpaired) electrons. The molecule has 0 aliphatic carbocycles.